The van der Waals surface area contributed by atoms with Gasteiger partial charge in [-0.3, -0.25) is 4.98 Å². The summed E-state index contributed by atoms with van der Waals surface area (Å²) in [6, 6.07) is 3.35. The largest absolute Gasteiger partial charge is 0.417 e. The van der Waals surface area contributed by atoms with Gasteiger partial charge in [0.1, 0.15) is 6.54 Å². The number of allylic oxidation sites excluding steroid dienone is 1. The highest BCUT2D eigenvalue weighted by molar-refractivity contribution is 5.78. The molecule has 0 atom stereocenters. The molecule has 3 rings (SSSR count). The number of H-pyrrole nitrogens is 1. The molecule has 0 unspecified atom stereocenters. The summed E-state index contributed by atoms with van der Waals surface area (Å²) in [6.45, 7) is 2.77. The lowest BCUT2D eigenvalue weighted by atomic mass is 9.96. The zero-order chi connectivity index (χ0) is 14.5. The van der Waals surface area contributed by atoms with Crippen LogP contribution in [0.4, 0.5) is 13.2 Å². The third-order valence-corrected chi connectivity index (χ3v) is 3.35. The zero-order valence-electron chi connectivity index (χ0n) is 10.4. The lowest BCUT2D eigenvalue weighted by molar-refractivity contribution is -0.143. The van der Waals surface area contributed by atoms with Gasteiger partial charge in [0.25, 0.3) is 0 Å². The average molecular weight is 284 g/mol. The van der Waals surface area contributed by atoms with Crippen LogP contribution in [0.5, 0.6) is 0 Å². The van der Waals surface area contributed by atoms with Gasteiger partial charge in [0, 0.05) is 24.2 Å². The van der Waals surface area contributed by atoms with Crippen LogP contribution >= 0.6 is 0 Å². The van der Waals surface area contributed by atoms with Gasteiger partial charge >= 0.3 is 11.9 Å². The molecule has 20 heavy (non-hydrogen) atoms. The number of halogens is 3. The number of aromatic nitrogens is 1. The van der Waals surface area contributed by atoms with Gasteiger partial charge in [-0.2, -0.15) is 13.2 Å². The standard InChI is InChI=1S/C13H11F3N2O2/c1-7-4-9-8(5-18(7)6-13(14,15)16)2-3-10-11(9)20-12(19)17-10/h2-3H,1,4-6H2,(H,17,19). The van der Waals surface area contributed by atoms with E-state index in [9.17, 15) is 18.0 Å². The summed E-state index contributed by atoms with van der Waals surface area (Å²) in [6.07, 6.45) is -4.03. The van der Waals surface area contributed by atoms with Crippen LogP contribution in [0, 0.1) is 0 Å². The fourth-order valence-electron chi connectivity index (χ4n) is 2.47. The Kier molecular flexibility index (Phi) is 2.67. The van der Waals surface area contributed by atoms with Gasteiger partial charge in [-0.25, -0.2) is 4.79 Å². The number of alkyl halides is 3. The van der Waals surface area contributed by atoms with Gasteiger partial charge in [0.2, 0.25) is 0 Å². The monoisotopic (exact) mass is 284 g/mol. The number of hydrogen-bond donors (Lipinski definition) is 1. The van der Waals surface area contributed by atoms with Gasteiger partial charge in [-0.05, 0) is 11.6 Å². The van der Waals surface area contributed by atoms with Crippen molar-refractivity contribution in [1.29, 1.82) is 0 Å². The molecule has 0 amide bonds. The maximum absolute atomic E-state index is 12.5. The van der Waals surface area contributed by atoms with Gasteiger partial charge in [0.05, 0.1) is 5.52 Å². The molecule has 0 saturated carbocycles. The van der Waals surface area contributed by atoms with E-state index < -0.39 is 18.5 Å². The average Bonchev–Trinajstić information content (AvgIpc) is 2.69. The molecule has 4 nitrogen and oxygen atoms in total. The predicted molar refractivity (Wildman–Crippen MR) is 66.1 cm³/mol. The van der Waals surface area contributed by atoms with E-state index in [0.717, 1.165) is 11.1 Å². The molecule has 1 aliphatic heterocycles. The zero-order valence-corrected chi connectivity index (χ0v) is 10.4. The first-order valence-electron chi connectivity index (χ1n) is 5.96. The summed E-state index contributed by atoms with van der Waals surface area (Å²) in [5, 5.41) is 0. The first-order chi connectivity index (χ1) is 9.33. The molecule has 0 bridgehead atoms. The molecule has 0 saturated heterocycles. The molecular weight excluding hydrogens is 273 g/mol. The molecule has 7 heteroatoms. The van der Waals surface area contributed by atoms with Crippen LogP contribution in [0.1, 0.15) is 11.1 Å². The maximum Gasteiger partial charge on any atom is 0.417 e. The van der Waals surface area contributed by atoms with E-state index in [4.69, 9.17) is 4.42 Å². The minimum Gasteiger partial charge on any atom is -0.408 e. The number of oxazole rings is 1. The molecule has 0 aliphatic carbocycles. The van der Waals surface area contributed by atoms with E-state index in [0.29, 0.717) is 16.8 Å². The number of benzene rings is 1. The van der Waals surface area contributed by atoms with Crippen LogP contribution in [-0.2, 0) is 13.0 Å². The highest BCUT2D eigenvalue weighted by Gasteiger charge is 2.33. The van der Waals surface area contributed by atoms with Crippen molar-refractivity contribution in [2.45, 2.75) is 19.1 Å². The lowest BCUT2D eigenvalue weighted by Crippen LogP contribution is -2.36. The van der Waals surface area contributed by atoms with Crippen LogP contribution in [0.15, 0.2) is 33.6 Å². The van der Waals surface area contributed by atoms with Gasteiger partial charge < -0.3 is 9.32 Å². The number of nitrogens with one attached hydrogen (secondary N) is 1. The second-order valence-electron chi connectivity index (χ2n) is 4.81. The van der Waals surface area contributed by atoms with E-state index in [1.165, 1.54) is 4.90 Å². The summed E-state index contributed by atoms with van der Waals surface area (Å²) in [5.74, 6) is -0.572. The van der Waals surface area contributed by atoms with Crippen molar-refractivity contribution < 1.29 is 17.6 Å². The third kappa shape index (κ3) is 2.19. The number of nitrogens with zero attached hydrogens (tertiary/aromatic N) is 1. The van der Waals surface area contributed by atoms with Crippen LogP contribution in [0.25, 0.3) is 11.1 Å². The van der Waals surface area contributed by atoms with Crippen molar-refractivity contribution in [1.82, 2.24) is 9.88 Å². The van der Waals surface area contributed by atoms with Gasteiger partial charge in [-0.1, -0.05) is 12.6 Å². The highest BCUT2D eigenvalue weighted by Crippen LogP contribution is 2.32. The van der Waals surface area contributed by atoms with Crippen LogP contribution in [0.3, 0.4) is 0 Å². The van der Waals surface area contributed by atoms with Gasteiger partial charge in [-0.15, -0.1) is 0 Å². The molecule has 0 radical (unpaired) electrons. The molecule has 1 N–H and O–H groups in total. The predicted octanol–water partition coefficient (Wildman–Crippen LogP) is 2.56. The van der Waals surface area contributed by atoms with E-state index in [1.807, 2.05) is 0 Å². The maximum atomic E-state index is 12.5. The molecule has 1 aromatic heterocycles. The molecule has 2 heterocycles. The van der Waals surface area contributed by atoms with Crippen molar-refractivity contribution in [2.24, 2.45) is 0 Å². The Morgan fingerprint density at radius 3 is 2.85 bits per heavy atom. The molecule has 1 aliphatic rings. The normalized spacial score (nSPS) is 15.8. The Labute approximate surface area is 111 Å². The molecule has 106 valence electrons. The van der Waals surface area contributed by atoms with E-state index in [-0.39, 0.29) is 13.0 Å². The van der Waals surface area contributed by atoms with Crippen LogP contribution in [0.2, 0.25) is 0 Å². The fourth-order valence-corrected chi connectivity index (χ4v) is 2.47. The molecule has 2 aromatic rings. The Morgan fingerprint density at radius 1 is 1.40 bits per heavy atom. The molecule has 1 aromatic carbocycles. The smallest absolute Gasteiger partial charge is 0.408 e. The Balaban J connectivity index is 2.02. The topological polar surface area (TPSA) is 49.2 Å². The quantitative estimate of drug-likeness (QED) is 0.875. The van der Waals surface area contributed by atoms with E-state index >= 15 is 0 Å². The number of fused-ring (bicyclic) bond motifs is 3. The third-order valence-electron chi connectivity index (χ3n) is 3.35. The summed E-state index contributed by atoms with van der Waals surface area (Å²) in [4.78, 5) is 14.9. The van der Waals surface area contributed by atoms with Crippen molar-refractivity contribution in [3.8, 4) is 0 Å². The first kappa shape index (κ1) is 12.8. The molecular formula is C13H11F3N2O2. The van der Waals surface area contributed by atoms with E-state index in [2.05, 4.69) is 11.6 Å². The number of hydrogen-bond acceptors (Lipinski definition) is 3. The Bertz CT molecular complexity index is 742. The fraction of sp³-hybridized carbons (Fsp3) is 0.308. The summed E-state index contributed by atoms with van der Waals surface area (Å²) in [7, 11) is 0. The first-order valence-corrected chi connectivity index (χ1v) is 5.96. The Morgan fingerprint density at radius 2 is 2.15 bits per heavy atom. The second kappa shape index (κ2) is 4.16. The van der Waals surface area contributed by atoms with E-state index in [1.54, 1.807) is 12.1 Å². The van der Waals surface area contributed by atoms with Crippen molar-refractivity contribution in [3.63, 3.8) is 0 Å². The highest BCUT2D eigenvalue weighted by atomic mass is 19.4. The lowest BCUT2D eigenvalue weighted by Gasteiger charge is -2.33. The van der Waals surface area contributed by atoms with Crippen molar-refractivity contribution >= 4 is 11.1 Å². The van der Waals surface area contributed by atoms with Crippen LogP contribution in [-0.4, -0.2) is 22.6 Å². The van der Waals surface area contributed by atoms with Gasteiger partial charge in [0.15, 0.2) is 5.58 Å². The number of rotatable bonds is 1. The number of aromatic amines is 1. The minimum atomic E-state index is -4.27. The van der Waals surface area contributed by atoms with Crippen LogP contribution < -0.4 is 5.76 Å². The molecule has 0 fully saturated rings. The van der Waals surface area contributed by atoms with Crippen molar-refractivity contribution in [2.75, 3.05) is 6.54 Å². The SMILES string of the molecule is C=C1Cc2c(ccc3[nH]c(=O)oc23)CN1CC(F)(F)F. The Hall–Kier alpha value is -2.18. The van der Waals surface area contributed by atoms with Crippen molar-refractivity contribution in [3.05, 3.63) is 46.1 Å². The summed E-state index contributed by atoms with van der Waals surface area (Å²) >= 11 is 0. The second-order valence-corrected chi connectivity index (χ2v) is 4.81. The summed E-state index contributed by atoms with van der Waals surface area (Å²) < 4.78 is 42.6. The minimum absolute atomic E-state index is 0.110. The molecule has 0 spiro atoms. The summed E-state index contributed by atoms with van der Waals surface area (Å²) in [5.41, 5.74) is 2.76.